The van der Waals surface area contributed by atoms with Crippen molar-refractivity contribution in [3.63, 3.8) is 0 Å². The van der Waals surface area contributed by atoms with Gasteiger partial charge in [0, 0.05) is 50.6 Å². The average Bonchev–Trinajstić information content (AvgIpc) is 2.98. The molecule has 10 heteroatoms. The number of carbonyl (C=O) groups is 1. The zero-order chi connectivity index (χ0) is 18.6. The highest BCUT2D eigenvalue weighted by atomic mass is 32.1. The largest absolute Gasteiger partial charge is 0.434 e. The maximum atomic E-state index is 12.5. The molecule has 1 fully saturated rings. The number of thiazole rings is 1. The summed E-state index contributed by atoms with van der Waals surface area (Å²) in [4.78, 5) is 19.5. The van der Waals surface area contributed by atoms with Gasteiger partial charge in [0.15, 0.2) is 5.69 Å². The van der Waals surface area contributed by atoms with Crippen molar-refractivity contribution >= 4 is 17.4 Å². The highest BCUT2D eigenvalue weighted by Gasteiger charge is 2.33. The molecule has 0 saturated carbocycles. The third-order valence-electron chi connectivity index (χ3n) is 4.01. The second kappa shape index (κ2) is 8.33. The van der Waals surface area contributed by atoms with Crippen LogP contribution in [0.25, 0.3) is 0 Å². The molecule has 1 aromatic rings. The summed E-state index contributed by atoms with van der Waals surface area (Å²) in [5, 5.41) is 13.5. The number of nitrogens with zero attached hydrogens (tertiary/aromatic N) is 3. The molecule has 0 aromatic carbocycles. The summed E-state index contributed by atoms with van der Waals surface area (Å²) < 4.78 is 37.5. The molecule has 0 aliphatic carbocycles. The first-order valence-electron chi connectivity index (χ1n) is 8.13. The zero-order valence-corrected chi connectivity index (χ0v) is 15.0. The summed E-state index contributed by atoms with van der Waals surface area (Å²) in [6.07, 6.45) is -4.58. The van der Waals surface area contributed by atoms with Crippen molar-refractivity contribution in [2.45, 2.75) is 38.6 Å². The van der Waals surface area contributed by atoms with Crippen molar-refractivity contribution in [2.24, 2.45) is 0 Å². The van der Waals surface area contributed by atoms with E-state index in [1.165, 1.54) is 0 Å². The normalized spacial score (nSPS) is 20.6. The number of piperazine rings is 1. The smallest absolute Gasteiger partial charge is 0.392 e. The lowest BCUT2D eigenvalue weighted by molar-refractivity contribution is -0.140. The number of aliphatic hydroxyl groups is 1. The van der Waals surface area contributed by atoms with E-state index in [-0.39, 0.29) is 25.0 Å². The molecular formula is C15H23F3N4O2S. The highest BCUT2D eigenvalue weighted by molar-refractivity contribution is 7.09. The minimum Gasteiger partial charge on any atom is -0.392 e. The minimum absolute atomic E-state index is 0.141. The number of aliphatic hydroxyl groups excluding tert-OH is 1. The second-order valence-electron chi connectivity index (χ2n) is 6.25. The van der Waals surface area contributed by atoms with E-state index < -0.39 is 18.0 Å². The summed E-state index contributed by atoms with van der Waals surface area (Å²) >= 11 is 0.944. The monoisotopic (exact) mass is 380 g/mol. The maximum absolute atomic E-state index is 12.5. The third kappa shape index (κ3) is 5.82. The lowest BCUT2D eigenvalue weighted by Gasteiger charge is -2.40. The maximum Gasteiger partial charge on any atom is 0.434 e. The molecule has 2 N–H and O–H groups in total. The van der Waals surface area contributed by atoms with Gasteiger partial charge in [0.2, 0.25) is 0 Å². The Morgan fingerprint density at radius 3 is 2.80 bits per heavy atom. The molecule has 6 nitrogen and oxygen atoms in total. The standard InChI is InChI=1S/C15H23F3N4O2S/c1-10-7-22(6-5-21(10)8-11(2)23)14(24)19-4-3-13-20-12(9-25-13)15(16,17)18/h9-11,23H,3-8H2,1-2H3,(H,19,24)/t10-,11-/m1/s1. The minimum atomic E-state index is -4.43. The van der Waals surface area contributed by atoms with Gasteiger partial charge in [-0.05, 0) is 13.8 Å². The molecule has 1 saturated heterocycles. The van der Waals surface area contributed by atoms with Gasteiger partial charge in [0.25, 0.3) is 0 Å². The predicted octanol–water partition coefficient (Wildman–Crippen LogP) is 1.80. The van der Waals surface area contributed by atoms with E-state index in [1.807, 2.05) is 6.92 Å². The van der Waals surface area contributed by atoms with Crippen molar-refractivity contribution in [1.82, 2.24) is 20.1 Å². The lowest BCUT2D eigenvalue weighted by Crippen LogP contribution is -2.57. The Hall–Kier alpha value is -1.39. The van der Waals surface area contributed by atoms with Gasteiger partial charge >= 0.3 is 12.2 Å². The number of rotatable bonds is 5. The molecule has 2 rings (SSSR count). The summed E-state index contributed by atoms with van der Waals surface area (Å²) in [5.41, 5.74) is -0.887. The molecule has 0 radical (unpaired) electrons. The number of amides is 2. The number of hydrogen-bond acceptors (Lipinski definition) is 5. The number of carbonyl (C=O) groups excluding carboxylic acids is 1. The summed E-state index contributed by atoms with van der Waals surface area (Å²) in [6.45, 7) is 6.33. The molecule has 0 bridgehead atoms. The van der Waals surface area contributed by atoms with E-state index in [0.29, 0.717) is 31.2 Å². The molecule has 2 heterocycles. The van der Waals surface area contributed by atoms with Crippen LogP contribution in [0, 0.1) is 0 Å². The number of β-amino-alcohol motifs (C(OH)–C–C–N with tert-alkyl or cyclic N) is 1. The van der Waals surface area contributed by atoms with Crippen LogP contribution in [0.1, 0.15) is 24.5 Å². The first-order valence-corrected chi connectivity index (χ1v) is 9.01. The van der Waals surface area contributed by atoms with E-state index in [1.54, 1.807) is 11.8 Å². The Morgan fingerprint density at radius 2 is 2.24 bits per heavy atom. The molecule has 1 aliphatic rings. The lowest BCUT2D eigenvalue weighted by atomic mass is 10.2. The SMILES string of the molecule is C[C@@H]1CN(C(=O)NCCc2nc(C(F)(F)F)cs2)CCN1C[C@@H](C)O. The summed E-state index contributed by atoms with van der Waals surface area (Å²) in [7, 11) is 0. The number of nitrogens with one attached hydrogen (secondary N) is 1. The number of alkyl halides is 3. The van der Waals surface area contributed by atoms with E-state index in [4.69, 9.17) is 0 Å². The van der Waals surface area contributed by atoms with Crippen molar-refractivity contribution in [1.29, 1.82) is 0 Å². The summed E-state index contributed by atoms with van der Waals surface area (Å²) in [5.74, 6) is 0. The molecule has 0 unspecified atom stereocenters. The molecule has 142 valence electrons. The van der Waals surface area contributed by atoms with Crippen molar-refractivity contribution in [2.75, 3.05) is 32.7 Å². The predicted molar refractivity (Wildman–Crippen MR) is 88.5 cm³/mol. The number of aromatic nitrogens is 1. The van der Waals surface area contributed by atoms with Crippen LogP contribution >= 0.6 is 11.3 Å². The first-order chi connectivity index (χ1) is 11.7. The van der Waals surface area contributed by atoms with Gasteiger partial charge in [0.1, 0.15) is 0 Å². The van der Waals surface area contributed by atoms with Crippen LogP contribution in [0.2, 0.25) is 0 Å². The van der Waals surface area contributed by atoms with Crippen molar-refractivity contribution < 1.29 is 23.1 Å². The zero-order valence-electron chi connectivity index (χ0n) is 14.2. The van der Waals surface area contributed by atoms with Crippen LogP contribution in [0.3, 0.4) is 0 Å². The molecular weight excluding hydrogens is 357 g/mol. The summed E-state index contributed by atoms with van der Waals surface area (Å²) in [6, 6.07) is -0.0847. The first kappa shape index (κ1) is 19.9. The Bertz CT molecular complexity index is 579. The van der Waals surface area contributed by atoms with Gasteiger partial charge in [-0.2, -0.15) is 13.2 Å². The Morgan fingerprint density at radius 1 is 1.52 bits per heavy atom. The van der Waals surface area contributed by atoms with Crippen molar-refractivity contribution in [3.8, 4) is 0 Å². The molecule has 1 aliphatic heterocycles. The molecule has 1 aromatic heterocycles. The fourth-order valence-corrected chi connectivity index (χ4v) is 3.54. The second-order valence-corrected chi connectivity index (χ2v) is 7.19. The van der Waals surface area contributed by atoms with Crippen LogP contribution < -0.4 is 5.32 Å². The Kier molecular flexibility index (Phi) is 6.64. The van der Waals surface area contributed by atoms with Gasteiger partial charge in [-0.3, -0.25) is 4.90 Å². The van der Waals surface area contributed by atoms with E-state index in [9.17, 15) is 23.1 Å². The van der Waals surface area contributed by atoms with Gasteiger partial charge in [-0.25, -0.2) is 9.78 Å². The molecule has 0 spiro atoms. The molecule has 2 amide bonds. The van der Waals surface area contributed by atoms with Gasteiger partial charge in [-0.1, -0.05) is 0 Å². The van der Waals surface area contributed by atoms with Gasteiger partial charge < -0.3 is 15.3 Å². The topological polar surface area (TPSA) is 68.7 Å². The van der Waals surface area contributed by atoms with Gasteiger partial charge in [-0.15, -0.1) is 11.3 Å². The van der Waals surface area contributed by atoms with Crippen LogP contribution in [0.15, 0.2) is 5.38 Å². The van der Waals surface area contributed by atoms with Crippen LogP contribution in [0.4, 0.5) is 18.0 Å². The van der Waals surface area contributed by atoms with Gasteiger partial charge in [0.05, 0.1) is 11.1 Å². The van der Waals surface area contributed by atoms with Crippen LogP contribution in [-0.4, -0.2) is 70.8 Å². The highest BCUT2D eigenvalue weighted by Crippen LogP contribution is 2.30. The van der Waals surface area contributed by atoms with Crippen LogP contribution in [-0.2, 0) is 12.6 Å². The number of halogens is 3. The fourth-order valence-electron chi connectivity index (χ4n) is 2.73. The van der Waals surface area contributed by atoms with E-state index in [0.717, 1.165) is 16.7 Å². The number of hydrogen-bond donors (Lipinski definition) is 2. The fraction of sp³-hybridized carbons (Fsp3) is 0.733. The van der Waals surface area contributed by atoms with Crippen LogP contribution in [0.5, 0.6) is 0 Å². The Labute approximate surface area is 148 Å². The van der Waals surface area contributed by atoms with Crippen molar-refractivity contribution in [3.05, 3.63) is 16.1 Å². The quantitative estimate of drug-likeness (QED) is 0.817. The molecule has 25 heavy (non-hydrogen) atoms. The Balaban J connectivity index is 1.75. The van der Waals surface area contributed by atoms with E-state index in [2.05, 4.69) is 15.2 Å². The third-order valence-corrected chi connectivity index (χ3v) is 4.92. The average molecular weight is 380 g/mol. The molecule has 2 atom stereocenters. The van der Waals surface area contributed by atoms with E-state index >= 15 is 0 Å². The number of urea groups is 1.